The molecule has 102 valence electrons. The third-order valence-electron chi connectivity index (χ3n) is 4.16. The Morgan fingerprint density at radius 3 is 2.79 bits per heavy atom. The van der Waals surface area contributed by atoms with Gasteiger partial charge >= 0.3 is 5.97 Å². The maximum Gasteiger partial charge on any atom is 0.307 e. The van der Waals surface area contributed by atoms with E-state index < -0.39 is 11.9 Å². The lowest BCUT2D eigenvalue weighted by Gasteiger charge is -2.22. The molecule has 2 aliphatic rings. The smallest absolute Gasteiger partial charge is 0.307 e. The Bertz CT molecular complexity index is 485. The molecule has 1 amide bonds. The van der Waals surface area contributed by atoms with Gasteiger partial charge in [0.1, 0.15) is 0 Å². The van der Waals surface area contributed by atoms with E-state index in [4.69, 9.17) is 5.11 Å². The van der Waals surface area contributed by atoms with Crippen LogP contribution in [0.5, 0.6) is 0 Å². The lowest BCUT2D eigenvalue weighted by molar-refractivity contribution is -0.140. The number of aromatic nitrogens is 2. The fourth-order valence-corrected chi connectivity index (χ4v) is 2.98. The third-order valence-corrected chi connectivity index (χ3v) is 4.16. The average Bonchev–Trinajstić information content (AvgIpc) is 2.79. The van der Waals surface area contributed by atoms with E-state index in [0.29, 0.717) is 6.42 Å². The molecule has 2 N–H and O–H groups in total. The first-order valence-electron chi connectivity index (χ1n) is 6.67. The number of hydrogen-bond acceptors (Lipinski definition) is 3. The Hall–Kier alpha value is -1.85. The topological polar surface area (TPSA) is 84.2 Å². The summed E-state index contributed by atoms with van der Waals surface area (Å²) in [5, 5.41) is 11.9. The van der Waals surface area contributed by atoms with Crippen LogP contribution in [0.2, 0.25) is 0 Å². The molecule has 2 saturated carbocycles. The zero-order valence-corrected chi connectivity index (χ0v) is 10.5. The summed E-state index contributed by atoms with van der Waals surface area (Å²) < 4.78 is 2.03. The zero-order valence-electron chi connectivity index (χ0n) is 10.5. The molecule has 0 saturated heterocycles. The number of amides is 1. The highest BCUT2D eigenvalue weighted by Crippen LogP contribution is 2.39. The second kappa shape index (κ2) is 4.68. The number of nitrogens with zero attached hydrogens (tertiary/aromatic N) is 2. The summed E-state index contributed by atoms with van der Waals surface area (Å²) in [6.07, 6.45) is 8.93. The Balaban J connectivity index is 1.60. The largest absolute Gasteiger partial charge is 0.481 e. The van der Waals surface area contributed by atoms with Crippen LogP contribution in [0, 0.1) is 11.8 Å². The standard InChI is InChI=1S/C13H17N3O3/c17-12(8-6-9(8)13(18)19)15-10-2-1-3-11(10)16-5-4-14-7-16/h4-5,7-11H,1-3,6H2,(H,15,17)(H,18,19). The van der Waals surface area contributed by atoms with Crippen LogP contribution < -0.4 is 5.32 Å². The number of carboxylic acid groups (broad SMARTS) is 1. The molecule has 1 heterocycles. The van der Waals surface area contributed by atoms with Crippen LogP contribution in [0.1, 0.15) is 31.7 Å². The number of nitrogens with one attached hydrogen (secondary N) is 1. The van der Waals surface area contributed by atoms with Crippen LogP contribution in [0.15, 0.2) is 18.7 Å². The molecule has 6 nitrogen and oxygen atoms in total. The molecule has 0 bridgehead atoms. The second-order valence-corrected chi connectivity index (χ2v) is 5.41. The molecular formula is C13H17N3O3. The van der Waals surface area contributed by atoms with Crippen LogP contribution in [0.25, 0.3) is 0 Å². The molecule has 3 rings (SSSR count). The Labute approximate surface area is 110 Å². The van der Waals surface area contributed by atoms with E-state index >= 15 is 0 Å². The van der Waals surface area contributed by atoms with Crippen molar-refractivity contribution >= 4 is 11.9 Å². The van der Waals surface area contributed by atoms with Gasteiger partial charge in [-0.25, -0.2) is 4.98 Å². The Kier molecular flexibility index (Phi) is 3.00. The maximum absolute atomic E-state index is 12.0. The third kappa shape index (κ3) is 2.34. The van der Waals surface area contributed by atoms with Crippen molar-refractivity contribution in [1.29, 1.82) is 0 Å². The summed E-state index contributed by atoms with van der Waals surface area (Å²) in [5.41, 5.74) is 0. The van der Waals surface area contributed by atoms with Crippen molar-refractivity contribution in [2.75, 3.05) is 0 Å². The molecule has 19 heavy (non-hydrogen) atoms. The van der Waals surface area contributed by atoms with E-state index in [1.54, 1.807) is 12.5 Å². The van der Waals surface area contributed by atoms with Crippen LogP contribution in [0.4, 0.5) is 0 Å². The first-order valence-corrected chi connectivity index (χ1v) is 6.67. The molecule has 0 radical (unpaired) electrons. The summed E-state index contributed by atoms with van der Waals surface area (Å²) in [7, 11) is 0. The molecular weight excluding hydrogens is 246 g/mol. The van der Waals surface area contributed by atoms with E-state index in [1.807, 2.05) is 10.8 Å². The molecule has 6 heteroatoms. The summed E-state index contributed by atoms with van der Waals surface area (Å²) >= 11 is 0. The highest BCUT2D eigenvalue weighted by Gasteiger charge is 2.49. The average molecular weight is 263 g/mol. The molecule has 0 aromatic carbocycles. The molecule has 2 fully saturated rings. The van der Waals surface area contributed by atoms with Crippen molar-refractivity contribution in [1.82, 2.24) is 14.9 Å². The summed E-state index contributed by atoms with van der Waals surface area (Å²) in [4.78, 5) is 26.8. The maximum atomic E-state index is 12.0. The van der Waals surface area contributed by atoms with Gasteiger partial charge in [-0.1, -0.05) is 0 Å². The summed E-state index contributed by atoms with van der Waals surface area (Å²) in [6, 6.07) is 0.338. The van der Waals surface area contributed by atoms with Gasteiger partial charge in [0.25, 0.3) is 0 Å². The van der Waals surface area contributed by atoms with E-state index in [2.05, 4.69) is 10.3 Å². The molecule has 2 aliphatic carbocycles. The van der Waals surface area contributed by atoms with Gasteiger partial charge in [0.2, 0.25) is 5.91 Å². The fourth-order valence-electron chi connectivity index (χ4n) is 2.98. The van der Waals surface area contributed by atoms with E-state index in [1.165, 1.54) is 0 Å². The van der Waals surface area contributed by atoms with Gasteiger partial charge < -0.3 is 15.0 Å². The number of hydrogen-bond donors (Lipinski definition) is 2. The number of carboxylic acids is 1. The minimum Gasteiger partial charge on any atom is -0.481 e. The van der Waals surface area contributed by atoms with Crippen LogP contribution in [0.3, 0.4) is 0 Å². The van der Waals surface area contributed by atoms with Crippen molar-refractivity contribution in [3.8, 4) is 0 Å². The second-order valence-electron chi connectivity index (χ2n) is 5.41. The van der Waals surface area contributed by atoms with E-state index in [0.717, 1.165) is 19.3 Å². The molecule has 1 aromatic heterocycles. The quantitative estimate of drug-likeness (QED) is 0.842. The highest BCUT2D eigenvalue weighted by molar-refractivity contribution is 5.89. The van der Waals surface area contributed by atoms with Gasteiger partial charge in [-0.3, -0.25) is 9.59 Å². The van der Waals surface area contributed by atoms with Crippen LogP contribution in [-0.2, 0) is 9.59 Å². The van der Waals surface area contributed by atoms with E-state index in [9.17, 15) is 9.59 Å². The van der Waals surface area contributed by atoms with Crippen molar-refractivity contribution in [3.63, 3.8) is 0 Å². The Morgan fingerprint density at radius 1 is 1.32 bits per heavy atom. The van der Waals surface area contributed by atoms with Gasteiger partial charge in [0.15, 0.2) is 0 Å². The number of rotatable bonds is 4. The van der Waals surface area contributed by atoms with E-state index in [-0.39, 0.29) is 23.9 Å². The van der Waals surface area contributed by atoms with Crippen molar-refractivity contribution < 1.29 is 14.7 Å². The lowest BCUT2D eigenvalue weighted by Crippen LogP contribution is -2.39. The van der Waals surface area contributed by atoms with Crippen LogP contribution in [-0.4, -0.2) is 32.6 Å². The normalized spacial score (nSPS) is 33.1. The molecule has 4 atom stereocenters. The molecule has 1 aromatic rings. The van der Waals surface area contributed by atoms with Crippen molar-refractivity contribution in [2.24, 2.45) is 11.8 Å². The SMILES string of the molecule is O=C(O)C1CC1C(=O)NC1CCCC1n1ccnc1. The van der Waals surface area contributed by atoms with Gasteiger partial charge in [-0.05, 0) is 25.7 Å². The first-order chi connectivity index (χ1) is 9.16. The monoisotopic (exact) mass is 263 g/mol. The zero-order chi connectivity index (χ0) is 13.4. The number of imidazole rings is 1. The number of carbonyl (C=O) groups excluding carboxylic acids is 1. The van der Waals surface area contributed by atoms with Gasteiger partial charge in [-0.2, -0.15) is 0 Å². The molecule has 0 aliphatic heterocycles. The van der Waals surface area contributed by atoms with Crippen molar-refractivity contribution in [3.05, 3.63) is 18.7 Å². The van der Waals surface area contributed by atoms with Crippen LogP contribution >= 0.6 is 0 Å². The minimum absolute atomic E-state index is 0.0942. The number of aliphatic carboxylic acids is 1. The van der Waals surface area contributed by atoms with Gasteiger partial charge in [0, 0.05) is 18.4 Å². The lowest BCUT2D eigenvalue weighted by atomic mass is 10.1. The van der Waals surface area contributed by atoms with Crippen molar-refractivity contribution in [2.45, 2.75) is 37.8 Å². The first kappa shape index (κ1) is 12.2. The Morgan fingerprint density at radius 2 is 2.16 bits per heavy atom. The van der Waals surface area contributed by atoms with Gasteiger partial charge in [0.05, 0.1) is 24.2 Å². The predicted molar refractivity (Wildman–Crippen MR) is 66.3 cm³/mol. The molecule has 0 spiro atoms. The highest BCUT2D eigenvalue weighted by atomic mass is 16.4. The summed E-state index contributed by atoms with van der Waals surface area (Å²) in [6.45, 7) is 0. The van der Waals surface area contributed by atoms with Gasteiger partial charge in [-0.15, -0.1) is 0 Å². The molecule has 4 unspecified atom stereocenters. The fraction of sp³-hybridized carbons (Fsp3) is 0.615. The minimum atomic E-state index is -0.863. The number of carbonyl (C=O) groups is 2. The summed E-state index contributed by atoms with van der Waals surface area (Å²) in [5.74, 6) is -1.78. The predicted octanol–water partition coefficient (Wildman–Crippen LogP) is 0.814.